The van der Waals surface area contributed by atoms with Gasteiger partial charge in [-0.25, -0.2) is 4.99 Å². The Morgan fingerprint density at radius 1 is 1.26 bits per heavy atom. The molecule has 1 aliphatic heterocycles. The number of benzene rings is 1. The normalized spacial score (nSPS) is 21.6. The van der Waals surface area contributed by atoms with E-state index >= 15 is 0 Å². The number of aliphatic imine (C=N–C) groups is 1. The summed E-state index contributed by atoms with van der Waals surface area (Å²) in [7, 11) is 0. The topological polar surface area (TPSA) is 54.9 Å². The van der Waals surface area contributed by atoms with E-state index < -0.39 is 0 Å². The predicted octanol–water partition coefficient (Wildman–Crippen LogP) is 3.28. The first-order valence-electron chi connectivity index (χ1n) is 8.23. The van der Waals surface area contributed by atoms with Gasteiger partial charge in [0, 0.05) is 12.6 Å². The van der Waals surface area contributed by atoms with E-state index in [0.29, 0.717) is 19.4 Å². The molecular weight excluding hydrogens is 405 g/mol. The molecule has 0 aromatic heterocycles. The Labute approximate surface area is 155 Å². The molecule has 3 rings (SSSR count). The van der Waals surface area contributed by atoms with Crippen LogP contribution in [0.2, 0.25) is 0 Å². The minimum Gasteiger partial charge on any atom is -0.454 e. The smallest absolute Gasteiger partial charge is 0.231 e. The molecule has 0 spiro atoms. The zero-order valence-electron chi connectivity index (χ0n) is 13.8. The summed E-state index contributed by atoms with van der Waals surface area (Å²) in [5, 5.41) is 6.85. The molecule has 6 heteroatoms. The Hall–Kier alpha value is -1.18. The average molecular weight is 431 g/mol. The standard InChI is InChI=1S/C17H25N3O2.HI/c1-3-5-13-9-14(13)20-17(18-4-2)19-10-12-6-7-15-16(8-12)22-11-21-15;/h6-8,13-14H,3-5,9-11H2,1-2H3,(H2,18,19,20);1H. The summed E-state index contributed by atoms with van der Waals surface area (Å²) in [4.78, 5) is 4.68. The monoisotopic (exact) mass is 431 g/mol. The van der Waals surface area contributed by atoms with Crippen LogP contribution < -0.4 is 20.1 Å². The van der Waals surface area contributed by atoms with Crippen molar-refractivity contribution in [1.29, 1.82) is 0 Å². The second-order valence-electron chi connectivity index (χ2n) is 5.92. The Morgan fingerprint density at radius 2 is 2.09 bits per heavy atom. The summed E-state index contributed by atoms with van der Waals surface area (Å²) >= 11 is 0. The van der Waals surface area contributed by atoms with Crippen molar-refractivity contribution in [3.63, 3.8) is 0 Å². The summed E-state index contributed by atoms with van der Waals surface area (Å²) in [6, 6.07) is 6.59. The van der Waals surface area contributed by atoms with Crippen LogP contribution >= 0.6 is 24.0 Å². The van der Waals surface area contributed by atoms with Crippen LogP contribution in [0.25, 0.3) is 0 Å². The Kier molecular flexibility index (Phi) is 6.80. The van der Waals surface area contributed by atoms with Gasteiger partial charge >= 0.3 is 0 Å². The third-order valence-corrected chi connectivity index (χ3v) is 4.11. The van der Waals surface area contributed by atoms with Gasteiger partial charge in [0.2, 0.25) is 6.79 Å². The highest BCUT2D eigenvalue weighted by Gasteiger charge is 2.36. The molecule has 1 heterocycles. The molecule has 2 unspecified atom stereocenters. The molecule has 1 aromatic carbocycles. The summed E-state index contributed by atoms with van der Waals surface area (Å²) in [6.07, 6.45) is 3.83. The predicted molar refractivity (Wildman–Crippen MR) is 103 cm³/mol. The Bertz CT molecular complexity index is 551. The number of hydrogen-bond donors (Lipinski definition) is 2. The van der Waals surface area contributed by atoms with Crippen LogP contribution in [0.1, 0.15) is 38.7 Å². The molecule has 2 N–H and O–H groups in total. The van der Waals surface area contributed by atoms with E-state index in [1.165, 1.54) is 19.3 Å². The molecule has 1 aromatic rings. The van der Waals surface area contributed by atoms with Crippen LogP contribution in [-0.4, -0.2) is 25.3 Å². The number of fused-ring (bicyclic) bond motifs is 1. The van der Waals surface area contributed by atoms with Gasteiger partial charge in [-0.2, -0.15) is 0 Å². The van der Waals surface area contributed by atoms with Gasteiger partial charge in [0.15, 0.2) is 17.5 Å². The summed E-state index contributed by atoms with van der Waals surface area (Å²) < 4.78 is 10.7. The molecule has 23 heavy (non-hydrogen) atoms. The maximum absolute atomic E-state index is 5.41. The van der Waals surface area contributed by atoms with Gasteiger partial charge < -0.3 is 20.1 Å². The van der Waals surface area contributed by atoms with Crippen molar-refractivity contribution < 1.29 is 9.47 Å². The van der Waals surface area contributed by atoms with Gasteiger partial charge in [-0.1, -0.05) is 19.4 Å². The molecule has 0 amide bonds. The van der Waals surface area contributed by atoms with Crippen molar-refractivity contribution >= 4 is 29.9 Å². The van der Waals surface area contributed by atoms with Crippen molar-refractivity contribution in [3.8, 4) is 11.5 Å². The Balaban J connectivity index is 0.00000192. The van der Waals surface area contributed by atoms with Gasteiger partial charge in [-0.15, -0.1) is 24.0 Å². The Morgan fingerprint density at radius 3 is 2.87 bits per heavy atom. The maximum Gasteiger partial charge on any atom is 0.231 e. The quantitative estimate of drug-likeness (QED) is 0.413. The van der Waals surface area contributed by atoms with E-state index in [0.717, 1.165) is 35.5 Å². The number of guanidine groups is 1. The van der Waals surface area contributed by atoms with Crippen molar-refractivity contribution in [2.45, 2.75) is 45.7 Å². The number of nitrogens with zero attached hydrogens (tertiary/aromatic N) is 1. The number of rotatable bonds is 6. The van der Waals surface area contributed by atoms with Gasteiger partial charge in [0.05, 0.1) is 6.54 Å². The van der Waals surface area contributed by atoms with Gasteiger partial charge in [0.1, 0.15) is 0 Å². The molecule has 5 nitrogen and oxygen atoms in total. The SMILES string of the molecule is CCCC1CC1NC(=NCc1ccc2c(c1)OCO2)NCC.I. The largest absolute Gasteiger partial charge is 0.454 e. The average Bonchev–Trinajstić information content (AvgIpc) is 3.08. The highest BCUT2D eigenvalue weighted by atomic mass is 127. The number of nitrogens with one attached hydrogen (secondary N) is 2. The zero-order chi connectivity index (χ0) is 15.4. The van der Waals surface area contributed by atoms with Crippen LogP contribution in [0.4, 0.5) is 0 Å². The van der Waals surface area contributed by atoms with Crippen LogP contribution in [-0.2, 0) is 6.54 Å². The number of ether oxygens (including phenoxy) is 2. The second kappa shape index (κ2) is 8.61. The molecule has 128 valence electrons. The minimum absolute atomic E-state index is 0. The fourth-order valence-electron chi connectivity index (χ4n) is 2.82. The summed E-state index contributed by atoms with van der Waals surface area (Å²) in [6.45, 7) is 6.16. The van der Waals surface area contributed by atoms with Crippen molar-refractivity contribution in [1.82, 2.24) is 10.6 Å². The first-order valence-corrected chi connectivity index (χ1v) is 8.23. The lowest BCUT2D eigenvalue weighted by molar-refractivity contribution is 0.174. The van der Waals surface area contributed by atoms with Crippen LogP contribution in [0.3, 0.4) is 0 Å². The molecule has 0 radical (unpaired) electrons. The van der Waals surface area contributed by atoms with Crippen LogP contribution in [0, 0.1) is 5.92 Å². The minimum atomic E-state index is 0. The van der Waals surface area contributed by atoms with E-state index in [4.69, 9.17) is 9.47 Å². The first-order chi connectivity index (χ1) is 10.8. The van der Waals surface area contributed by atoms with E-state index in [-0.39, 0.29) is 24.0 Å². The third-order valence-electron chi connectivity index (χ3n) is 4.11. The van der Waals surface area contributed by atoms with Crippen molar-refractivity contribution in [2.75, 3.05) is 13.3 Å². The van der Waals surface area contributed by atoms with E-state index in [9.17, 15) is 0 Å². The molecule has 0 bridgehead atoms. The van der Waals surface area contributed by atoms with Gasteiger partial charge in [0.25, 0.3) is 0 Å². The molecule has 2 atom stereocenters. The fraction of sp³-hybridized carbons (Fsp3) is 0.588. The van der Waals surface area contributed by atoms with E-state index in [2.05, 4.69) is 29.5 Å². The van der Waals surface area contributed by atoms with Gasteiger partial charge in [-0.05, 0) is 43.4 Å². The summed E-state index contributed by atoms with van der Waals surface area (Å²) in [5.74, 6) is 3.36. The fourth-order valence-corrected chi connectivity index (χ4v) is 2.82. The lowest BCUT2D eigenvalue weighted by Crippen LogP contribution is -2.39. The zero-order valence-corrected chi connectivity index (χ0v) is 16.1. The molecule has 1 aliphatic carbocycles. The highest BCUT2D eigenvalue weighted by Crippen LogP contribution is 2.34. The molecule has 2 aliphatic rings. The first kappa shape index (κ1) is 18.2. The summed E-state index contributed by atoms with van der Waals surface area (Å²) in [5.41, 5.74) is 1.13. The second-order valence-corrected chi connectivity index (χ2v) is 5.92. The van der Waals surface area contributed by atoms with Crippen molar-refractivity contribution in [2.24, 2.45) is 10.9 Å². The molecular formula is C17H26IN3O2. The van der Waals surface area contributed by atoms with E-state index in [1.54, 1.807) is 0 Å². The lowest BCUT2D eigenvalue weighted by atomic mass is 10.2. The molecule has 1 saturated carbocycles. The molecule has 0 saturated heterocycles. The molecule has 1 fully saturated rings. The van der Waals surface area contributed by atoms with Gasteiger partial charge in [-0.3, -0.25) is 0 Å². The van der Waals surface area contributed by atoms with Crippen molar-refractivity contribution in [3.05, 3.63) is 23.8 Å². The van der Waals surface area contributed by atoms with Crippen LogP contribution in [0.15, 0.2) is 23.2 Å². The maximum atomic E-state index is 5.41. The number of halogens is 1. The van der Waals surface area contributed by atoms with Crippen LogP contribution in [0.5, 0.6) is 11.5 Å². The van der Waals surface area contributed by atoms with E-state index in [1.807, 2.05) is 18.2 Å². The third kappa shape index (κ3) is 4.89. The highest BCUT2D eigenvalue weighted by molar-refractivity contribution is 14.0. The lowest BCUT2D eigenvalue weighted by Gasteiger charge is -2.11. The number of hydrogen-bond acceptors (Lipinski definition) is 3.